The lowest BCUT2D eigenvalue weighted by atomic mass is 9.76. The molecule has 1 saturated carbocycles. The van der Waals surface area contributed by atoms with E-state index in [1.54, 1.807) is 17.8 Å². The fraction of sp³-hybridized carbons (Fsp3) is 0.500. The van der Waals surface area contributed by atoms with E-state index in [9.17, 15) is 18.4 Å². The van der Waals surface area contributed by atoms with Gasteiger partial charge in [-0.25, -0.2) is 18.6 Å². The summed E-state index contributed by atoms with van der Waals surface area (Å²) in [7, 11) is 0. The summed E-state index contributed by atoms with van der Waals surface area (Å²) >= 11 is 7.70. The molecule has 0 saturated heterocycles. The number of rotatable bonds is 9. The summed E-state index contributed by atoms with van der Waals surface area (Å²) in [5.41, 5.74) is 0.754. The number of aliphatic imine (C=N–C) groups is 1. The van der Waals surface area contributed by atoms with Gasteiger partial charge in [0.1, 0.15) is 11.6 Å². The molecule has 1 fully saturated rings. The molecule has 5 rings (SSSR count). The van der Waals surface area contributed by atoms with Gasteiger partial charge in [-0.2, -0.15) is 5.10 Å². The first-order valence-electron chi connectivity index (χ1n) is 15.7. The number of nitrogens with one attached hydrogen (secondary N) is 1. The number of hydrogen-bond donors (Lipinski definition) is 1. The second-order valence-corrected chi connectivity index (χ2v) is 14.8. The summed E-state index contributed by atoms with van der Waals surface area (Å²) in [6.45, 7) is 11.5. The molecule has 2 aromatic heterocycles. The lowest BCUT2D eigenvalue weighted by Gasteiger charge is -2.35. The van der Waals surface area contributed by atoms with Crippen molar-refractivity contribution in [1.29, 1.82) is 0 Å². The highest BCUT2D eigenvalue weighted by Crippen LogP contribution is 2.44. The summed E-state index contributed by atoms with van der Waals surface area (Å²) < 4.78 is 41.7. The van der Waals surface area contributed by atoms with Gasteiger partial charge in [-0.05, 0) is 90.7 Å². The van der Waals surface area contributed by atoms with E-state index >= 15 is 0 Å². The Balaban J connectivity index is 1.41. The highest BCUT2D eigenvalue weighted by molar-refractivity contribution is 7.11. The van der Waals surface area contributed by atoms with Gasteiger partial charge in [0.2, 0.25) is 0 Å². The lowest BCUT2D eigenvalue weighted by molar-refractivity contribution is -0.166. The molecule has 0 amide bonds. The number of allylic oxidation sites excluding steroid dienone is 1. The summed E-state index contributed by atoms with van der Waals surface area (Å²) in [4.78, 5) is 35.5. The Morgan fingerprint density at radius 2 is 1.81 bits per heavy atom. The fourth-order valence-electron chi connectivity index (χ4n) is 6.02. The van der Waals surface area contributed by atoms with Crippen LogP contribution in [-0.2, 0) is 25.6 Å². The van der Waals surface area contributed by atoms with E-state index in [-0.39, 0.29) is 35.5 Å². The minimum absolute atomic E-state index is 0.0798. The van der Waals surface area contributed by atoms with Crippen LogP contribution in [0.5, 0.6) is 0 Å². The molecule has 0 radical (unpaired) electrons. The van der Waals surface area contributed by atoms with E-state index in [1.807, 2.05) is 52.4 Å². The van der Waals surface area contributed by atoms with E-state index in [0.29, 0.717) is 23.1 Å². The SMILES string of the molecule is CCOC(=O)C1=C(C2CCC(c3cnn(CC(C)(C)C(=O)OC(C)(C)C)c3)CC2)NC(c2nccs2)=NC1c1ccc(F)c(F)c1Cl. The van der Waals surface area contributed by atoms with Gasteiger partial charge in [-0.15, -0.1) is 11.3 Å². The van der Waals surface area contributed by atoms with Crippen LogP contribution in [0.25, 0.3) is 0 Å². The van der Waals surface area contributed by atoms with Gasteiger partial charge in [0, 0.05) is 29.0 Å². The second-order valence-electron chi connectivity index (χ2n) is 13.6. The molecule has 1 atom stereocenters. The molecule has 47 heavy (non-hydrogen) atoms. The smallest absolute Gasteiger partial charge is 0.338 e. The monoisotopic (exact) mass is 687 g/mol. The molecule has 1 aliphatic heterocycles. The molecular formula is C34H40ClF2N5O4S. The Kier molecular flexibility index (Phi) is 10.2. The largest absolute Gasteiger partial charge is 0.463 e. The molecule has 3 heterocycles. The van der Waals surface area contributed by atoms with Crippen LogP contribution in [0.15, 0.2) is 52.4 Å². The number of aromatic nitrogens is 3. The zero-order chi connectivity index (χ0) is 34.1. The minimum Gasteiger partial charge on any atom is -0.463 e. The second kappa shape index (κ2) is 13.8. The Hall–Kier alpha value is -3.64. The van der Waals surface area contributed by atoms with Crippen LogP contribution in [0, 0.1) is 23.0 Å². The molecule has 9 nitrogen and oxygen atoms in total. The molecule has 1 aliphatic carbocycles. The number of hydrogen-bond acceptors (Lipinski definition) is 9. The highest BCUT2D eigenvalue weighted by atomic mass is 35.5. The van der Waals surface area contributed by atoms with E-state index < -0.39 is 39.7 Å². The third kappa shape index (κ3) is 7.75. The number of carbonyl (C=O) groups excluding carboxylic acids is 2. The lowest BCUT2D eigenvalue weighted by Crippen LogP contribution is -2.38. The van der Waals surface area contributed by atoms with Gasteiger partial charge in [0.05, 0.1) is 35.4 Å². The van der Waals surface area contributed by atoms with Crippen molar-refractivity contribution in [2.45, 2.75) is 91.3 Å². The summed E-state index contributed by atoms with van der Waals surface area (Å²) in [6.07, 6.45) is 8.58. The number of nitrogens with zero attached hydrogens (tertiary/aromatic N) is 4. The maximum atomic E-state index is 14.7. The van der Waals surface area contributed by atoms with Crippen LogP contribution in [0.4, 0.5) is 8.78 Å². The topological polar surface area (TPSA) is 108 Å². The summed E-state index contributed by atoms with van der Waals surface area (Å²) in [5, 5.41) is 9.90. The van der Waals surface area contributed by atoms with Crippen molar-refractivity contribution in [2.24, 2.45) is 16.3 Å². The van der Waals surface area contributed by atoms with Gasteiger partial charge >= 0.3 is 11.9 Å². The normalized spacial score (nSPS) is 20.4. The third-order valence-corrected chi connectivity index (χ3v) is 9.50. The third-order valence-electron chi connectivity index (χ3n) is 8.33. The Labute approximate surface area is 282 Å². The Morgan fingerprint density at radius 3 is 2.45 bits per heavy atom. The maximum absolute atomic E-state index is 14.7. The van der Waals surface area contributed by atoms with Crippen LogP contribution in [-0.4, -0.2) is 44.7 Å². The quantitative estimate of drug-likeness (QED) is 0.183. The van der Waals surface area contributed by atoms with Gasteiger partial charge < -0.3 is 14.8 Å². The van der Waals surface area contributed by atoms with E-state index in [1.165, 1.54) is 17.4 Å². The number of esters is 2. The molecule has 1 N–H and O–H groups in total. The first-order valence-corrected chi connectivity index (χ1v) is 17.0. The maximum Gasteiger partial charge on any atom is 0.338 e. The predicted molar refractivity (Wildman–Crippen MR) is 176 cm³/mol. The first-order chi connectivity index (χ1) is 22.2. The summed E-state index contributed by atoms with van der Waals surface area (Å²) in [5.74, 6) is -2.60. The first kappa shape index (κ1) is 34.7. The number of amidine groups is 1. The van der Waals surface area contributed by atoms with Crippen molar-refractivity contribution in [2.75, 3.05) is 6.61 Å². The van der Waals surface area contributed by atoms with Crippen molar-refractivity contribution >= 4 is 40.7 Å². The molecule has 0 spiro atoms. The van der Waals surface area contributed by atoms with Crippen LogP contribution >= 0.6 is 22.9 Å². The molecule has 1 aromatic carbocycles. The van der Waals surface area contributed by atoms with E-state index in [4.69, 9.17) is 26.1 Å². The highest BCUT2D eigenvalue weighted by Gasteiger charge is 2.39. The molecule has 3 aromatic rings. The molecule has 13 heteroatoms. The molecule has 0 bridgehead atoms. The van der Waals surface area contributed by atoms with Gasteiger partial charge in [0.15, 0.2) is 22.5 Å². The predicted octanol–water partition coefficient (Wildman–Crippen LogP) is 7.52. The van der Waals surface area contributed by atoms with Crippen molar-refractivity contribution in [3.05, 3.63) is 80.2 Å². The zero-order valence-electron chi connectivity index (χ0n) is 27.4. The number of halogens is 3. The van der Waals surface area contributed by atoms with Crippen LogP contribution in [0.2, 0.25) is 5.02 Å². The Bertz CT molecular complexity index is 1690. The number of benzene rings is 1. The Morgan fingerprint density at radius 1 is 1.11 bits per heavy atom. The minimum atomic E-state index is -1.20. The van der Waals surface area contributed by atoms with Gasteiger partial charge in [0.25, 0.3) is 0 Å². The number of carbonyl (C=O) groups is 2. The van der Waals surface area contributed by atoms with E-state index in [2.05, 4.69) is 15.4 Å². The van der Waals surface area contributed by atoms with Crippen molar-refractivity contribution in [1.82, 2.24) is 20.1 Å². The molecule has 1 unspecified atom stereocenters. The fourth-order valence-corrected chi connectivity index (χ4v) is 6.87. The number of thiazole rings is 1. The standard InChI is InChI=1S/C34H40ClF2N5O4S/c1-7-45-31(43)24-27(40-29(30-38-14-15-47-30)41-28(24)22-12-13-23(36)26(37)25(22)35)20-10-8-19(9-11-20)21-16-39-42(17-21)18-34(5,6)32(44)46-33(2,3)4/h12-17,19-20,28H,7-11,18H2,1-6H3,(H,40,41). The average molecular weight is 688 g/mol. The van der Waals surface area contributed by atoms with Gasteiger partial charge in [-0.3, -0.25) is 14.5 Å². The van der Waals surface area contributed by atoms with E-state index in [0.717, 1.165) is 37.3 Å². The van der Waals surface area contributed by atoms with Crippen molar-refractivity contribution in [3.8, 4) is 0 Å². The summed E-state index contributed by atoms with van der Waals surface area (Å²) in [6, 6.07) is 1.31. The van der Waals surface area contributed by atoms with Crippen molar-refractivity contribution in [3.63, 3.8) is 0 Å². The average Bonchev–Trinajstić information content (AvgIpc) is 3.72. The van der Waals surface area contributed by atoms with Gasteiger partial charge in [-0.1, -0.05) is 17.7 Å². The molecular weight excluding hydrogens is 648 g/mol. The van der Waals surface area contributed by atoms with Crippen molar-refractivity contribution < 1.29 is 27.8 Å². The van der Waals surface area contributed by atoms with Crippen LogP contribution in [0.3, 0.4) is 0 Å². The molecule has 252 valence electrons. The number of ether oxygens (including phenoxy) is 2. The zero-order valence-corrected chi connectivity index (χ0v) is 29.0. The van der Waals surface area contributed by atoms with Crippen LogP contribution < -0.4 is 5.32 Å². The van der Waals surface area contributed by atoms with Crippen LogP contribution in [0.1, 0.15) is 95.3 Å². The molecule has 2 aliphatic rings.